The molecule has 0 saturated carbocycles. The van der Waals surface area contributed by atoms with Crippen LogP contribution in [0, 0.1) is 0 Å². The van der Waals surface area contributed by atoms with E-state index in [0.717, 1.165) is 22.8 Å². The minimum atomic E-state index is -0.259. The Labute approximate surface area is 164 Å². The fourth-order valence-electron chi connectivity index (χ4n) is 2.53. The summed E-state index contributed by atoms with van der Waals surface area (Å²) in [5, 5.41) is 4.11. The van der Waals surface area contributed by atoms with E-state index in [9.17, 15) is 4.79 Å². The molecule has 3 aromatic rings. The maximum atomic E-state index is 12.2. The molecule has 0 saturated heterocycles. The molecule has 3 rings (SSSR count). The number of hydrazone groups is 1. The van der Waals surface area contributed by atoms with Gasteiger partial charge < -0.3 is 14.5 Å². The molecule has 0 spiro atoms. The molecule has 28 heavy (non-hydrogen) atoms. The van der Waals surface area contributed by atoms with E-state index in [4.69, 9.17) is 9.47 Å². The molecule has 1 heterocycles. The van der Waals surface area contributed by atoms with Crippen molar-refractivity contribution >= 4 is 11.6 Å². The molecule has 6 nitrogen and oxygen atoms in total. The molecule has 0 radical (unpaired) electrons. The van der Waals surface area contributed by atoms with Gasteiger partial charge in [-0.25, -0.2) is 5.43 Å². The number of nitrogens with one attached hydrogen (secondary N) is 2. The minimum Gasteiger partial charge on any atom is -0.494 e. The van der Waals surface area contributed by atoms with Crippen LogP contribution in [0.3, 0.4) is 0 Å². The number of aromatic nitrogens is 1. The molecule has 2 N–H and O–H groups in total. The van der Waals surface area contributed by atoms with Crippen LogP contribution in [0.2, 0.25) is 0 Å². The lowest BCUT2D eigenvalue weighted by Gasteiger charge is -2.08. The number of carbonyl (C=O) groups is 1. The van der Waals surface area contributed by atoms with Gasteiger partial charge in [-0.15, -0.1) is 0 Å². The molecule has 0 fully saturated rings. The van der Waals surface area contributed by atoms with Gasteiger partial charge in [0.1, 0.15) is 18.1 Å². The van der Waals surface area contributed by atoms with Crippen LogP contribution in [0.5, 0.6) is 11.5 Å². The highest BCUT2D eigenvalue weighted by molar-refractivity contribution is 5.99. The molecule has 2 aromatic carbocycles. The topological polar surface area (TPSA) is 75.7 Å². The summed E-state index contributed by atoms with van der Waals surface area (Å²) >= 11 is 0. The van der Waals surface area contributed by atoms with Crippen molar-refractivity contribution in [2.75, 3.05) is 6.61 Å². The first-order valence-corrected chi connectivity index (χ1v) is 9.08. The molecule has 0 aliphatic heterocycles. The van der Waals surface area contributed by atoms with E-state index in [1.165, 1.54) is 0 Å². The Morgan fingerprint density at radius 1 is 1.00 bits per heavy atom. The Morgan fingerprint density at radius 3 is 2.29 bits per heavy atom. The molecule has 6 heteroatoms. The SMILES string of the molecule is CCOc1ccc(OCc2ccc(C(=O)N/N=C(\C)c3ccc[nH]3)cc2)cc1. The van der Waals surface area contributed by atoms with Crippen LogP contribution in [0.4, 0.5) is 0 Å². The lowest BCUT2D eigenvalue weighted by molar-refractivity contribution is 0.0955. The van der Waals surface area contributed by atoms with Gasteiger partial charge in [0.15, 0.2) is 0 Å². The van der Waals surface area contributed by atoms with Gasteiger partial charge in [0, 0.05) is 11.8 Å². The van der Waals surface area contributed by atoms with Gasteiger partial charge in [0.2, 0.25) is 0 Å². The summed E-state index contributed by atoms with van der Waals surface area (Å²) in [4.78, 5) is 15.3. The van der Waals surface area contributed by atoms with Gasteiger partial charge in [-0.2, -0.15) is 5.10 Å². The highest BCUT2D eigenvalue weighted by atomic mass is 16.5. The average Bonchev–Trinajstić information content (AvgIpc) is 3.27. The van der Waals surface area contributed by atoms with Crippen molar-refractivity contribution in [3.05, 3.63) is 83.7 Å². The first-order valence-electron chi connectivity index (χ1n) is 9.08. The second-order valence-corrected chi connectivity index (χ2v) is 6.11. The van der Waals surface area contributed by atoms with Crippen LogP contribution in [0.1, 0.15) is 35.5 Å². The number of benzene rings is 2. The van der Waals surface area contributed by atoms with Gasteiger partial charge in [-0.1, -0.05) is 12.1 Å². The second-order valence-electron chi connectivity index (χ2n) is 6.11. The van der Waals surface area contributed by atoms with Crippen molar-refractivity contribution in [1.29, 1.82) is 0 Å². The van der Waals surface area contributed by atoms with E-state index in [-0.39, 0.29) is 5.91 Å². The first-order chi connectivity index (χ1) is 13.7. The molecule has 1 amide bonds. The van der Waals surface area contributed by atoms with Crippen LogP contribution < -0.4 is 14.9 Å². The normalized spacial score (nSPS) is 11.1. The molecule has 0 aliphatic carbocycles. The monoisotopic (exact) mass is 377 g/mol. The van der Waals surface area contributed by atoms with Crippen molar-refractivity contribution in [2.24, 2.45) is 5.10 Å². The highest BCUT2D eigenvalue weighted by Crippen LogP contribution is 2.18. The number of amides is 1. The van der Waals surface area contributed by atoms with Gasteiger partial charge in [-0.05, 0) is 67.9 Å². The number of hydrogen-bond acceptors (Lipinski definition) is 4. The molecule has 0 unspecified atom stereocenters. The molecule has 144 valence electrons. The van der Waals surface area contributed by atoms with E-state index in [1.54, 1.807) is 12.1 Å². The van der Waals surface area contributed by atoms with Crippen LogP contribution in [-0.4, -0.2) is 23.2 Å². The van der Waals surface area contributed by atoms with Crippen LogP contribution in [-0.2, 0) is 6.61 Å². The smallest absolute Gasteiger partial charge is 0.271 e. The molecular formula is C22H23N3O3. The number of aromatic amines is 1. The Balaban J connectivity index is 1.52. The standard InChI is InChI=1S/C22H23N3O3/c1-3-27-19-10-12-20(13-11-19)28-15-17-6-8-18(9-7-17)22(26)25-24-16(2)21-5-4-14-23-21/h4-14,23H,3,15H2,1-2H3,(H,25,26)/b24-16+. The largest absolute Gasteiger partial charge is 0.494 e. The summed E-state index contributed by atoms with van der Waals surface area (Å²) in [7, 11) is 0. The number of nitrogens with zero attached hydrogens (tertiary/aromatic N) is 1. The van der Waals surface area contributed by atoms with Crippen molar-refractivity contribution in [3.63, 3.8) is 0 Å². The van der Waals surface area contributed by atoms with E-state index in [1.807, 2.05) is 68.6 Å². The number of hydrogen-bond donors (Lipinski definition) is 2. The van der Waals surface area contributed by atoms with Crippen molar-refractivity contribution in [3.8, 4) is 11.5 Å². The van der Waals surface area contributed by atoms with E-state index >= 15 is 0 Å². The molecule has 0 atom stereocenters. The molecule has 0 aliphatic rings. The third-order valence-corrected chi connectivity index (χ3v) is 4.07. The average molecular weight is 377 g/mol. The maximum absolute atomic E-state index is 12.2. The fourth-order valence-corrected chi connectivity index (χ4v) is 2.53. The van der Waals surface area contributed by atoms with Gasteiger partial charge in [-0.3, -0.25) is 4.79 Å². The van der Waals surface area contributed by atoms with Gasteiger partial charge >= 0.3 is 0 Å². The Hall–Kier alpha value is -3.54. The molecular weight excluding hydrogens is 354 g/mol. The Morgan fingerprint density at radius 2 is 1.68 bits per heavy atom. The molecule has 1 aromatic heterocycles. The van der Waals surface area contributed by atoms with Crippen molar-refractivity contribution in [1.82, 2.24) is 10.4 Å². The van der Waals surface area contributed by atoms with Gasteiger partial charge in [0.25, 0.3) is 5.91 Å². The predicted molar refractivity (Wildman–Crippen MR) is 109 cm³/mol. The zero-order valence-electron chi connectivity index (χ0n) is 15.9. The maximum Gasteiger partial charge on any atom is 0.271 e. The predicted octanol–water partition coefficient (Wildman–Crippen LogP) is 4.15. The van der Waals surface area contributed by atoms with E-state index < -0.39 is 0 Å². The van der Waals surface area contributed by atoms with E-state index in [2.05, 4.69) is 15.5 Å². The minimum absolute atomic E-state index is 0.259. The third-order valence-electron chi connectivity index (χ3n) is 4.07. The first kappa shape index (κ1) is 19.2. The highest BCUT2D eigenvalue weighted by Gasteiger charge is 2.06. The second kappa shape index (κ2) is 9.41. The number of carbonyl (C=O) groups excluding carboxylic acids is 1. The van der Waals surface area contributed by atoms with Gasteiger partial charge in [0.05, 0.1) is 18.0 Å². The number of H-pyrrole nitrogens is 1. The molecule has 0 bridgehead atoms. The quantitative estimate of drug-likeness (QED) is 0.457. The van der Waals surface area contributed by atoms with Crippen molar-refractivity contribution < 1.29 is 14.3 Å². The summed E-state index contributed by atoms with van der Waals surface area (Å²) in [6.07, 6.45) is 1.81. The summed E-state index contributed by atoms with van der Waals surface area (Å²) in [5.74, 6) is 1.32. The third kappa shape index (κ3) is 5.23. The zero-order chi connectivity index (χ0) is 19.8. The Bertz CT molecular complexity index is 915. The summed E-state index contributed by atoms with van der Waals surface area (Å²) < 4.78 is 11.2. The lowest BCUT2D eigenvalue weighted by atomic mass is 10.1. The van der Waals surface area contributed by atoms with Crippen molar-refractivity contribution in [2.45, 2.75) is 20.5 Å². The zero-order valence-corrected chi connectivity index (χ0v) is 15.9. The Kier molecular flexibility index (Phi) is 6.46. The summed E-state index contributed by atoms with van der Waals surface area (Å²) in [6.45, 7) is 4.83. The van der Waals surface area contributed by atoms with E-state index in [0.29, 0.717) is 24.5 Å². The summed E-state index contributed by atoms with van der Waals surface area (Å²) in [5.41, 5.74) is 5.64. The summed E-state index contributed by atoms with van der Waals surface area (Å²) in [6, 6.07) is 18.5. The lowest BCUT2D eigenvalue weighted by Crippen LogP contribution is -2.19. The van der Waals surface area contributed by atoms with Crippen LogP contribution in [0.25, 0.3) is 0 Å². The number of ether oxygens (including phenoxy) is 2. The van der Waals surface area contributed by atoms with Crippen LogP contribution >= 0.6 is 0 Å². The fraction of sp³-hybridized carbons (Fsp3) is 0.182. The number of rotatable bonds is 8. The van der Waals surface area contributed by atoms with Crippen LogP contribution in [0.15, 0.2) is 72.0 Å².